The summed E-state index contributed by atoms with van der Waals surface area (Å²) in [4.78, 5) is 39.8. The van der Waals surface area contributed by atoms with E-state index in [0.29, 0.717) is 64.5 Å². The normalized spacial score (nSPS) is 12.7. The van der Waals surface area contributed by atoms with E-state index >= 15 is 9.59 Å². The number of phenolic OH excluding ortho intramolecular Hbond substituents is 6. The number of nitrogens with zero attached hydrogens (tertiary/aromatic N) is 2. The predicted octanol–water partition coefficient (Wildman–Crippen LogP) is 9.63. The van der Waals surface area contributed by atoms with E-state index in [1.165, 1.54) is 22.7 Å². The summed E-state index contributed by atoms with van der Waals surface area (Å²) in [5.41, 5.74) is 1.57. The number of para-hydroxylation sites is 2. The minimum absolute atomic E-state index is 0.0191. The van der Waals surface area contributed by atoms with E-state index < -0.39 is 33.9 Å². The molecule has 0 fully saturated rings. The average Bonchev–Trinajstić information content (AvgIpc) is 3.78. The Hall–Kier alpha value is -7.02. The number of aromatic nitrogens is 2. The van der Waals surface area contributed by atoms with Crippen molar-refractivity contribution in [1.29, 1.82) is 0 Å². The first-order chi connectivity index (χ1) is 27.0. The zero-order valence-corrected chi connectivity index (χ0v) is 30.6. The van der Waals surface area contributed by atoms with Gasteiger partial charge >= 0.3 is 0 Å². The van der Waals surface area contributed by atoms with Crippen molar-refractivity contribution in [3.8, 4) is 55.6 Å². The Morgan fingerprint density at radius 2 is 0.768 bits per heavy atom. The maximum absolute atomic E-state index is 15.0. The molecule has 10 aromatic carbocycles. The third kappa shape index (κ3) is 3.40. The summed E-state index contributed by atoms with van der Waals surface area (Å²) in [5.74, 6) is -2.79. The molecule has 0 unspecified atom stereocenters. The van der Waals surface area contributed by atoms with E-state index in [1.807, 2.05) is 62.4 Å². The van der Waals surface area contributed by atoms with E-state index in [-0.39, 0.29) is 65.7 Å². The number of phenols is 6. The van der Waals surface area contributed by atoms with Crippen LogP contribution in [0.5, 0.6) is 34.5 Å². The molecule has 2 aromatic heterocycles. The molecule has 56 heavy (non-hydrogen) atoms. The first-order valence-corrected chi connectivity index (χ1v) is 19.2. The lowest BCUT2D eigenvalue weighted by atomic mass is 9.76. The number of aryl methyl sites for hydroxylation is 2. The highest BCUT2D eigenvalue weighted by Crippen LogP contribution is 2.59. The van der Waals surface area contributed by atoms with Crippen molar-refractivity contribution < 1.29 is 30.6 Å². The van der Waals surface area contributed by atoms with E-state index in [1.54, 1.807) is 0 Å². The van der Waals surface area contributed by atoms with Gasteiger partial charge in [0.1, 0.15) is 44.5 Å². The van der Waals surface area contributed by atoms with Gasteiger partial charge in [-0.05, 0) is 60.0 Å². The van der Waals surface area contributed by atoms with Gasteiger partial charge < -0.3 is 30.6 Å². The summed E-state index contributed by atoms with van der Waals surface area (Å²) < 4.78 is 1.70. The van der Waals surface area contributed by atoms with E-state index in [0.717, 1.165) is 21.5 Å². The maximum atomic E-state index is 15.0. The molecule has 12 heteroatoms. The Labute approximate surface area is 319 Å². The molecular weight excluding hydrogens is 749 g/mol. The lowest BCUT2D eigenvalue weighted by Crippen LogP contribution is -2.11. The fraction of sp³-hybridized carbons (Fsp3) is 0.0455. The molecular formula is C44H22N2O8S2. The summed E-state index contributed by atoms with van der Waals surface area (Å²) in [6, 6.07) is 17.0. The summed E-state index contributed by atoms with van der Waals surface area (Å²) in [6.07, 6.45) is 0. The zero-order chi connectivity index (χ0) is 38.4. The SMILES string of the molecule is Cc1c(-c2nc3ccccc3s2)c(O)c2c(=O)c3c(O)cc(O)c4c5c(O)cc(O)c6c(=O)c7c(O)c(-c8nc9ccccc9s8)c(C)c8c1c2c(c34)c(c65)c78. The topological polar surface area (TPSA) is 181 Å². The summed E-state index contributed by atoms with van der Waals surface area (Å²) in [5, 5.41) is 73.4. The molecule has 0 saturated heterocycles. The van der Waals surface area contributed by atoms with Gasteiger partial charge in [-0.25, -0.2) is 9.97 Å². The summed E-state index contributed by atoms with van der Waals surface area (Å²) in [7, 11) is 0. The van der Waals surface area contributed by atoms with Gasteiger partial charge in [0.05, 0.1) is 53.1 Å². The Bertz CT molecular complexity index is 3590. The standard InChI is InChI=1S/C44H22N2O8S2/c1-13-23-24-14(2)26(44-46-16-8-4-6-10-22(16)56-44)40(52)38-32(24)36-34-28(18(48)12-20(50)30(34)42(38)54)27-17(47)11-19(49)29-33(27)35(36)31(23)37(41(29)53)39(51)25(13)43-45-15-7-3-5-9-21(15)55-43/h3-12,47-52H,1-2H3. The molecule has 0 saturated carbocycles. The van der Waals surface area contributed by atoms with E-state index in [2.05, 4.69) is 0 Å². The van der Waals surface area contributed by atoms with E-state index in [9.17, 15) is 30.6 Å². The molecule has 0 radical (unpaired) electrons. The Balaban J connectivity index is 1.48. The molecule has 0 aliphatic heterocycles. The third-order valence-corrected chi connectivity index (χ3v) is 13.8. The highest BCUT2D eigenvalue weighted by molar-refractivity contribution is 7.22. The third-order valence-electron chi connectivity index (χ3n) is 11.7. The molecule has 0 amide bonds. The predicted molar refractivity (Wildman–Crippen MR) is 223 cm³/mol. The molecule has 0 bridgehead atoms. The fourth-order valence-electron chi connectivity index (χ4n) is 9.54. The van der Waals surface area contributed by atoms with Gasteiger partial charge in [-0.1, -0.05) is 24.3 Å². The Morgan fingerprint density at radius 3 is 1.16 bits per heavy atom. The molecule has 0 aliphatic rings. The second kappa shape index (κ2) is 9.99. The van der Waals surface area contributed by atoms with Crippen molar-refractivity contribution in [2.24, 2.45) is 0 Å². The first kappa shape index (κ1) is 31.3. The van der Waals surface area contributed by atoms with Gasteiger partial charge in [-0.2, -0.15) is 0 Å². The molecule has 12 aromatic rings. The summed E-state index contributed by atoms with van der Waals surface area (Å²) in [6.45, 7) is 3.62. The van der Waals surface area contributed by atoms with Crippen LogP contribution in [0.25, 0.3) is 117 Å². The van der Waals surface area contributed by atoms with Gasteiger partial charge in [-0.3, -0.25) is 9.59 Å². The quantitative estimate of drug-likeness (QED) is 0.0732. The van der Waals surface area contributed by atoms with Crippen LogP contribution in [0.3, 0.4) is 0 Å². The number of thiazole rings is 2. The highest BCUT2D eigenvalue weighted by atomic mass is 32.1. The van der Waals surface area contributed by atoms with Gasteiger partial charge in [0.2, 0.25) is 10.9 Å². The van der Waals surface area contributed by atoms with Crippen molar-refractivity contribution in [3.05, 3.63) is 92.2 Å². The van der Waals surface area contributed by atoms with Crippen LogP contribution in [0.4, 0.5) is 0 Å². The maximum Gasteiger partial charge on any atom is 0.201 e. The van der Waals surface area contributed by atoms with Gasteiger partial charge in [0.15, 0.2) is 0 Å². The van der Waals surface area contributed by atoms with Crippen molar-refractivity contribution in [1.82, 2.24) is 9.97 Å². The van der Waals surface area contributed by atoms with Crippen molar-refractivity contribution in [3.63, 3.8) is 0 Å². The van der Waals surface area contributed by atoms with Crippen molar-refractivity contribution >= 4 is 119 Å². The van der Waals surface area contributed by atoms with Gasteiger partial charge in [0.25, 0.3) is 0 Å². The monoisotopic (exact) mass is 770 g/mol. The lowest BCUT2D eigenvalue weighted by Gasteiger charge is -2.26. The molecule has 0 atom stereocenters. The molecule has 12 rings (SSSR count). The fourth-order valence-corrected chi connectivity index (χ4v) is 11.7. The van der Waals surface area contributed by atoms with Crippen molar-refractivity contribution in [2.45, 2.75) is 13.8 Å². The summed E-state index contributed by atoms with van der Waals surface area (Å²) >= 11 is 2.67. The molecule has 268 valence electrons. The molecule has 10 nitrogen and oxygen atoms in total. The second-order valence-corrected chi connectivity index (χ2v) is 16.5. The Morgan fingerprint density at radius 1 is 0.429 bits per heavy atom. The number of aromatic hydroxyl groups is 6. The molecule has 0 spiro atoms. The van der Waals surface area contributed by atoms with Crippen LogP contribution in [0.15, 0.2) is 70.3 Å². The van der Waals surface area contributed by atoms with Gasteiger partial charge in [-0.15, -0.1) is 22.7 Å². The number of hydrogen-bond acceptors (Lipinski definition) is 12. The molecule has 2 heterocycles. The van der Waals surface area contributed by atoms with Crippen LogP contribution in [0, 0.1) is 13.8 Å². The van der Waals surface area contributed by atoms with Gasteiger partial charge in [0, 0.05) is 55.2 Å². The first-order valence-electron chi connectivity index (χ1n) is 17.5. The number of rotatable bonds is 2. The minimum Gasteiger partial charge on any atom is -0.507 e. The van der Waals surface area contributed by atoms with E-state index in [4.69, 9.17) is 9.97 Å². The van der Waals surface area contributed by atoms with Crippen LogP contribution in [-0.4, -0.2) is 40.6 Å². The second-order valence-electron chi connectivity index (χ2n) is 14.4. The lowest BCUT2D eigenvalue weighted by molar-refractivity contribution is 0.455. The largest absolute Gasteiger partial charge is 0.507 e. The van der Waals surface area contributed by atoms with Crippen molar-refractivity contribution in [2.75, 3.05) is 0 Å². The van der Waals surface area contributed by atoms with Crippen LogP contribution >= 0.6 is 22.7 Å². The van der Waals surface area contributed by atoms with Crippen LogP contribution in [0.2, 0.25) is 0 Å². The Kier molecular flexibility index (Phi) is 5.59. The van der Waals surface area contributed by atoms with Crippen LogP contribution in [-0.2, 0) is 0 Å². The number of hydrogen-bond donors (Lipinski definition) is 6. The number of fused-ring (bicyclic) bond motifs is 4. The smallest absolute Gasteiger partial charge is 0.201 e. The van der Waals surface area contributed by atoms with Crippen LogP contribution in [0.1, 0.15) is 11.1 Å². The number of benzene rings is 10. The minimum atomic E-state index is -0.723. The van der Waals surface area contributed by atoms with Crippen LogP contribution < -0.4 is 10.9 Å². The molecule has 0 aliphatic carbocycles. The molecule has 6 N–H and O–H groups in total. The highest BCUT2D eigenvalue weighted by Gasteiger charge is 2.36. The average molecular weight is 771 g/mol. The zero-order valence-electron chi connectivity index (χ0n) is 29.0.